The fourth-order valence-electron chi connectivity index (χ4n) is 1.59. The van der Waals surface area contributed by atoms with Gasteiger partial charge in [-0.15, -0.1) is 0 Å². The van der Waals surface area contributed by atoms with Crippen LogP contribution in [0.5, 0.6) is 0 Å². The number of oxime groups is 1. The predicted octanol–water partition coefficient (Wildman–Crippen LogP) is -4.07. The summed E-state index contributed by atoms with van der Waals surface area (Å²) in [6, 6.07) is 0. The third-order valence-electron chi connectivity index (χ3n) is 2.17. The van der Waals surface area contributed by atoms with Crippen molar-refractivity contribution in [3.05, 3.63) is 12.0 Å². The number of halogens is 1. The van der Waals surface area contributed by atoms with Crippen LogP contribution in [0.4, 0.5) is 5.82 Å². The van der Waals surface area contributed by atoms with Crippen molar-refractivity contribution in [1.82, 2.24) is 14.9 Å². The van der Waals surface area contributed by atoms with Crippen LogP contribution in [0.25, 0.3) is 0 Å². The van der Waals surface area contributed by atoms with Gasteiger partial charge in [0.25, 0.3) is 0 Å². The minimum Gasteiger partial charge on any atom is -0.397 e. The highest BCUT2D eigenvalue weighted by atomic mass is 35.7. The van der Waals surface area contributed by atoms with Crippen LogP contribution in [-0.2, 0) is 4.84 Å². The van der Waals surface area contributed by atoms with E-state index >= 15 is 0 Å². The van der Waals surface area contributed by atoms with E-state index in [0.717, 1.165) is 24.0 Å². The molecule has 1 aromatic rings. The lowest BCUT2D eigenvalue weighted by Crippen LogP contribution is -2.58. The number of imidazole rings is 1. The van der Waals surface area contributed by atoms with Gasteiger partial charge < -0.3 is 19.6 Å². The number of rotatable bonds is 1. The number of anilines is 1. The molecule has 0 saturated carbocycles. The van der Waals surface area contributed by atoms with E-state index in [1.165, 1.54) is 7.11 Å². The maximum Gasteiger partial charge on any atom is 0.196 e. The molecule has 0 amide bonds. The normalized spacial score (nSPS) is 16.9. The third-order valence-corrected chi connectivity index (χ3v) is 2.17. The SMILES string of the molecule is CO/N=C1/c2[nH]cnc2N(C)CN1C.[O-][Cl+3]([O-])([O-])O. The van der Waals surface area contributed by atoms with Gasteiger partial charge in [0, 0.05) is 14.1 Å². The van der Waals surface area contributed by atoms with Crippen molar-refractivity contribution in [3.63, 3.8) is 0 Å². The molecule has 19 heavy (non-hydrogen) atoms. The lowest BCUT2D eigenvalue weighted by atomic mass is 10.3. The zero-order valence-corrected chi connectivity index (χ0v) is 11.3. The lowest BCUT2D eigenvalue weighted by Gasteiger charge is -2.32. The highest BCUT2D eigenvalue weighted by Crippen LogP contribution is 2.21. The smallest absolute Gasteiger partial charge is 0.196 e. The Morgan fingerprint density at radius 2 is 2.00 bits per heavy atom. The van der Waals surface area contributed by atoms with Crippen LogP contribution in [0.2, 0.25) is 0 Å². The molecule has 108 valence electrons. The van der Waals surface area contributed by atoms with Crippen LogP contribution in [0.3, 0.4) is 0 Å². The van der Waals surface area contributed by atoms with Crippen LogP contribution in [0.15, 0.2) is 11.5 Å². The molecule has 2 rings (SSSR count). The molecule has 0 aromatic carbocycles. The molecule has 0 fully saturated rings. The van der Waals surface area contributed by atoms with Crippen molar-refractivity contribution in [2.24, 2.45) is 5.16 Å². The molecular formula is C8H14ClN5O5. The first-order valence-corrected chi connectivity index (χ1v) is 6.20. The summed E-state index contributed by atoms with van der Waals surface area (Å²) in [7, 11) is 0.785. The number of amidine groups is 1. The Morgan fingerprint density at radius 3 is 2.53 bits per heavy atom. The molecule has 1 aromatic heterocycles. The highest BCUT2D eigenvalue weighted by molar-refractivity contribution is 6.02. The molecule has 0 spiro atoms. The zero-order chi connectivity index (χ0) is 14.6. The minimum absolute atomic E-state index is 0.750. The van der Waals surface area contributed by atoms with Gasteiger partial charge in [-0.1, -0.05) is 5.16 Å². The van der Waals surface area contributed by atoms with Gasteiger partial charge in [0.1, 0.15) is 12.8 Å². The van der Waals surface area contributed by atoms with E-state index in [0.29, 0.717) is 0 Å². The van der Waals surface area contributed by atoms with Gasteiger partial charge in [0.05, 0.1) is 27.9 Å². The quantitative estimate of drug-likeness (QED) is 0.497. The maximum absolute atomic E-state index is 8.60. The van der Waals surface area contributed by atoms with Crippen molar-refractivity contribution in [2.75, 3.05) is 32.8 Å². The van der Waals surface area contributed by atoms with E-state index in [1.807, 2.05) is 23.9 Å². The van der Waals surface area contributed by atoms with Crippen molar-refractivity contribution in [1.29, 1.82) is 0 Å². The van der Waals surface area contributed by atoms with Crippen LogP contribution in [0, 0.1) is 10.2 Å². The molecule has 0 saturated heterocycles. The number of aromatic nitrogens is 2. The highest BCUT2D eigenvalue weighted by Gasteiger charge is 2.26. The Hall–Kier alpha value is -1.59. The number of H-pyrrole nitrogens is 1. The molecule has 0 radical (unpaired) electrons. The second-order valence-electron chi connectivity index (χ2n) is 3.63. The molecule has 2 heterocycles. The van der Waals surface area contributed by atoms with Crippen LogP contribution in [-0.4, -0.2) is 53.2 Å². The Labute approximate surface area is 111 Å². The van der Waals surface area contributed by atoms with Crippen LogP contribution in [0.1, 0.15) is 5.69 Å². The van der Waals surface area contributed by atoms with Crippen LogP contribution < -0.4 is 18.9 Å². The lowest BCUT2D eigenvalue weighted by molar-refractivity contribution is -1.92. The molecule has 1 aliphatic rings. The Bertz CT molecular complexity index is 439. The van der Waals surface area contributed by atoms with Gasteiger partial charge in [-0.05, 0) is 0 Å². The second kappa shape index (κ2) is 6.04. The van der Waals surface area contributed by atoms with Gasteiger partial charge in [0.2, 0.25) is 0 Å². The van der Waals surface area contributed by atoms with E-state index < -0.39 is 10.2 Å². The number of hydrogen-bond donors (Lipinski definition) is 2. The second-order valence-corrected chi connectivity index (χ2v) is 4.42. The van der Waals surface area contributed by atoms with E-state index in [2.05, 4.69) is 15.1 Å². The molecule has 1 aliphatic heterocycles. The van der Waals surface area contributed by atoms with Gasteiger partial charge in [-0.3, -0.25) is 0 Å². The maximum atomic E-state index is 8.60. The average Bonchev–Trinajstić information content (AvgIpc) is 2.70. The summed E-state index contributed by atoms with van der Waals surface area (Å²) >= 11 is 0. The molecule has 0 bridgehead atoms. The summed E-state index contributed by atoms with van der Waals surface area (Å²) in [5, 5.41) is 3.96. The molecule has 0 unspecified atom stereocenters. The third kappa shape index (κ3) is 4.54. The largest absolute Gasteiger partial charge is 0.397 e. The number of nitrogens with one attached hydrogen (secondary N) is 1. The summed E-state index contributed by atoms with van der Waals surface area (Å²) in [6.07, 6.45) is 1.66. The molecular weight excluding hydrogens is 282 g/mol. The van der Waals surface area contributed by atoms with Crippen molar-refractivity contribution in [2.45, 2.75) is 0 Å². The molecule has 0 atom stereocenters. The summed E-state index contributed by atoms with van der Waals surface area (Å²) in [6.45, 7) is 0.750. The first kappa shape index (κ1) is 15.5. The van der Waals surface area contributed by atoms with E-state index in [-0.39, 0.29) is 0 Å². The van der Waals surface area contributed by atoms with Crippen molar-refractivity contribution < 1.29 is 33.7 Å². The van der Waals surface area contributed by atoms with Gasteiger partial charge in [0.15, 0.2) is 11.7 Å². The zero-order valence-electron chi connectivity index (χ0n) is 10.5. The van der Waals surface area contributed by atoms with Crippen LogP contribution >= 0.6 is 0 Å². The number of hydrogen-bond acceptors (Lipinski definition) is 8. The summed E-state index contributed by atoms with van der Waals surface area (Å²) < 4.78 is 32.7. The Morgan fingerprint density at radius 1 is 1.42 bits per heavy atom. The average molecular weight is 296 g/mol. The number of aromatic amines is 1. The predicted molar refractivity (Wildman–Crippen MR) is 55.4 cm³/mol. The molecule has 0 aliphatic carbocycles. The van der Waals surface area contributed by atoms with Gasteiger partial charge in [-0.25, -0.2) is 4.98 Å². The van der Waals surface area contributed by atoms with Crippen molar-refractivity contribution in [3.8, 4) is 0 Å². The van der Waals surface area contributed by atoms with E-state index in [4.69, 9.17) is 23.5 Å². The summed E-state index contributed by atoms with van der Waals surface area (Å²) in [5.74, 6) is 1.68. The number of fused-ring (bicyclic) bond motifs is 1. The summed E-state index contributed by atoms with van der Waals surface area (Å²) in [4.78, 5) is 16.1. The summed E-state index contributed by atoms with van der Waals surface area (Å²) in [5.41, 5.74) is 0.892. The number of nitrogens with zero attached hydrogens (tertiary/aromatic N) is 4. The Balaban J connectivity index is 0.000000312. The minimum atomic E-state index is -4.69. The van der Waals surface area contributed by atoms with E-state index in [1.54, 1.807) is 6.33 Å². The molecule has 2 N–H and O–H groups in total. The van der Waals surface area contributed by atoms with Gasteiger partial charge in [-0.2, -0.15) is 14.0 Å². The molecule has 11 heteroatoms. The first-order valence-electron chi connectivity index (χ1n) is 4.94. The van der Waals surface area contributed by atoms with E-state index in [9.17, 15) is 0 Å². The fraction of sp³-hybridized carbons (Fsp3) is 0.500. The Kier molecular flexibility index (Phi) is 4.91. The van der Waals surface area contributed by atoms with Crippen molar-refractivity contribution >= 4 is 11.7 Å². The fourth-order valence-corrected chi connectivity index (χ4v) is 1.59. The standard InChI is InChI=1S/C8H13N5O.ClHO4/c1-12-5-13(2)8(11-14-3)6-7(12)10-4-9-6;2-1(3,4)5/h4H,5H2,1-3H3,(H,9,10);(H,2,3,4,5)/b11-8-;. The topological polar surface area (TPSA) is 146 Å². The van der Waals surface area contributed by atoms with Gasteiger partial charge >= 0.3 is 0 Å². The monoisotopic (exact) mass is 295 g/mol. The molecule has 10 nitrogen and oxygen atoms in total. The first-order chi connectivity index (χ1) is 8.74.